The fourth-order valence-corrected chi connectivity index (χ4v) is 3.99. The third-order valence-corrected chi connectivity index (χ3v) is 5.67. The van der Waals surface area contributed by atoms with Crippen molar-refractivity contribution in [3.05, 3.63) is 76.5 Å². The van der Waals surface area contributed by atoms with E-state index < -0.39 is 5.92 Å². The number of carbonyl (C=O) groups is 2. The molecule has 6 nitrogen and oxygen atoms in total. The number of amides is 2. The summed E-state index contributed by atoms with van der Waals surface area (Å²) in [5.74, 6) is -0.431. The fourth-order valence-electron chi connectivity index (χ4n) is 3.60. The van der Waals surface area contributed by atoms with Crippen LogP contribution in [0.5, 0.6) is 0 Å². The van der Waals surface area contributed by atoms with E-state index in [0.29, 0.717) is 23.6 Å². The maximum Gasteiger partial charge on any atom is 0.227 e. The minimum Gasteiger partial charge on any atom is -0.352 e. The lowest BCUT2D eigenvalue weighted by Crippen LogP contribution is -2.32. The highest BCUT2D eigenvalue weighted by molar-refractivity contribution is 9.10. The van der Waals surface area contributed by atoms with E-state index in [0.717, 1.165) is 10.2 Å². The Bertz CT molecular complexity index is 1110. The Labute approximate surface area is 181 Å². The number of aromatic nitrogens is 2. The van der Waals surface area contributed by atoms with E-state index in [1.807, 2.05) is 24.3 Å². The lowest BCUT2D eigenvalue weighted by Gasteiger charge is -2.17. The standard InChI is InChI=1S/C22H20BrFN4O2/c1-14-25-7-8-27(14)20-6-5-15(9-19(20)24)12-26-22(30)16-10-21(29)28(13-16)18-4-2-3-17(23)11-18/h2-9,11,16H,10,12-13H2,1H3,(H,26,30). The van der Waals surface area contributed by atoms with Gasteiger partial charge in [0.1, 0.15) is 11.6 Å². The molecule has 154 valence electrons. The fraction of sp³-hybridized carbons (Fsp3) is 0.227. The number of imidazole rings is 1. The lowest BCUT2D eigenvalue weighted by atomic mass is 10.1. The van der Waals surface area contributed by atoms with Gasteiger partial charge >= 0.3 is 0 Å². The van der Waals surface area contributed by atoms with Crippen LogP contribution in [0.2, 0.25) is 0 Å². The van der Waals surface area contributed by atoms with E-state index in [2.05, 4.69) is 26.2 Å². The van der Waals surface area contributed by atoms with Gasteiger partial charge in [-0.25, -0.2) is 9.37 Å². The number of halogens is 2. The topological polar surface area (TPSA) is 67.2 Å². The minimum absolute atomic E-state index is 0.0839. The van der Waals surface area contributed by atoms with Gasteiger partial charge in [0.05, 0.1) is 11.6 Å². The number of benzene rings is 2. The first-order valence-corrected chi connectivity index (χ1v) is 10.3. The van der Waals surface area contributed by atoms with E-state index in [-0.39, 0.29) is 30.6 Å². The van der Waals surface area contributed by atoms with Gasteiger partial charge in [-0.05, 0) is 42.8 Å². The van der Waals surface area contributed by atoms with Gasteiger partial charge in [-0.2, -0.15) is 0 Å². The van der Waals surface area contributed by atoms with Crippen molar-refractivity contribution in [1.82, 2.24) is 14.9 Å². The summed E-state index contributed by atoms with van der Waals surface area (Å²) >= 11 is 3.40. The second-order valence-electron chi connectivity index (χ2n) is 7.23. The second kappa shape index (κ2) is 8.39. The molecular formula is C22H20BrFN4O2. The molecule has 2 aromatic carbocycles. The van der Waals surface area contributed by atoms with E-state index in [9.17, 15) is 14.0 Å². The Balaban J connectivity index is 1.39. The molecule has 1 unspecified atom stereocenters. The van der Waals surface area contributed by atoms with Crippen LogP contribution in [0.3, 0.4) is 0 Å². The molecule has 2 amide bonds. The molecule has 30 heavy (non-hydrogen) atoms. The smallest absolute Gasteiger partial charge is 0.227 e. The number of nitrogens with zero attached hydrogens (tertiary/aromatic N) is 3. The Morgan fingerprint density at radius 2 is 2.13 bits per heavy atom. The van der Waals surface area contributed by atoms with Crippen molar-refractivity contribution < 1.29 is 14.0 Å². The van der Waals surface area contributed by atoms with Gasteiger partial charge in [0.15, 0.2) is 0 Å². The Morgan fingerprint density at radius 3 is 2.83 bits per heavy atom. The maximum absolute atomic E-state index is 14.5. The highest BCUT2D eigenvalue weighted by atomic mass is 79.9. The van der Waals surface area contributed by atoms with Crippen LogP contribution < -0.4 is 10.2 Å². The third-order valence-electron chi connectivity index (χ3n) is 5.18. The van der Waals surface area contributed by atoms with Crippen molar-refractivity contribution in [3.63, 3.8) is 0 Å². The van der Waals surface area contributed by atoms with Gasteiger partial charge in [-0.3, -0.25) is 9.59 Å². The average molecular weight is 471 g/mol. The molecule has 1 fully saturated rings. The quantitative estimate of drug-likeness (QED) is 0.617. The normalized spacial score (nSPS) is 16.2. The molecule has 3 aromatic rings. The van der Waals surface area contributed by atoms with Crippen molar-refractivity contribution in [2.75, 3.05) is 11.4 Å². The Hall–Kier alpha value is -3.00. The molecule has 0 spiro atoms. The van der Waals surface area contributed by atoms with Crippen LogP contribution in [0, 0.1) is 18.7 Å². The second-order valence-corrected chi connectivity index (χ2v) is 8.15. The van der Waals surface area contributed by atoms with Gasteiger partial charge in [0, 0.05) is 42.1 Å². The predicted molar refractivity (Wildman–Crippen MR) is 115 cm³/mol. The highest BCUT2D eigenvalue weighted by Crippen LogP contribution is 2.27. The summed E-state index contributed by atoms with van der Waals surface area (Å²) in [4.78, 5) is 30.7. The van der Waals surface area contributed by atoms with E-state index in [1.165, 1.54) is 6.07 Å². The molecule has 1 N–H and O–H groups in total. The van der Waals surface area contributed by atoms with E-state index in [4.69, 9.17) is 0 Å². The molecule has 0 radical (unpaired) electrons. The van der Waals surface area contributed by atoms with Gasteiger partial charge in [-0.15, -0.1) is 0 Å². The van der Waals surface area contributed by atoms with Crippen LogP contribution >= 0.6 is 15.9 Å². The number of carbonyl (C=O) groups excluding carboxylic acids is 2. The van der Waals surface area contributed by atoms with Crippen molar-refractivity contribution in [2.24, 2.45) is 5.92 Å². The van der Waals surface area contributed by atoms with E-state index >= 15 is 0 Å². The minimum atomic E-state index is -0.436. The predicted octanol–water partition coefficient (Wildman–Crippen LogP) is 3.75. The zero-order valence-corrected chi connectivity index (χ0v) is 17.9. The number of hydrogen-bond acceptors (Lipinski definition) is 3. The summed E-state index contributed by atoms with van der Waals surface area (Å²) in [5, 5.41) is 2.82. The molecule has 1 saturated heterocycles. The number of aryl methyl sites for hydroxylation is 1. The summed E-state index contributed by atoms with van der Waals surface area (Å²) in [7, 11) is 0. The number of hydrogen-bond donors (Lipinski definition) is 1. The van der Waals surface area contributed by atoms with Crippen LogP contribution in [0.1, 0.15) is 17.8 Å². The molecule has 8 heteroatoms. The van der Waals surface area contributed by atoms with Crippen molar-refractivity contribution in [3.8, 4) is 5.69 Å². The zero-order chi connectivity index (χ0) is 21.3. The molecular weight excluding hydrogens is 451 g/mol. The zero-order valence-electron chi connectivity index (χ0n) is 16.3. The molecule has 1 aliphatic rings. The summed E-state index contributed by atoms with van der Waals surface area (Å²) in [5.41, 5.74) is 1.82. The van der Waals surface area contributed by atoms with E-state index in [1.54, 1.807) is 40.9 Å². The maximum atomic E-state index is 14.5. The molecule has 1 atom stereocenters. The molecule has 4 rings (SSSR count). The van der Waals surface area contributed by atoms with Gasteiger partial charge in [-0.1, -0.05) is 28.1 Å². The van der Waals surface area contributed by atoms with Crippen LogP contribution in [0.4, 0.5) is 10.1 Å². The van der Waals surface area contributed by atoms with Crippen LogP contribution in [0.15, 0.2) is 59.3 Å². The summed E-state index contributed by atoms with van der Waals surface area (Å²) in [6.45, 7) is 2.32. The summed E-state index contributed by atoms with van der Waals surface area (Å²) in [6, 6.07) is 12.3. The molecule has 1 aliphatic heterocycles. The van der Waals surface area contributed by atoms with Crippen LogP contribution in [-0.4, -0.2) is 27.9 Å². The first kappa shape index (κ1) is 20.3. The molecule has 0 saturated carbocycles. The average Bonchev–Trinajstić information content (AvgIpc) is 3.32. The SMILES string of the molecule is Cc1nccn1-c1ccc(CNC(=O)C2CC(=O)N(c3cccc(Br)c3)C2)cc1F. The lowest BCUT2D eigenvalue weighted by molar-refractivity contribution is -0.126. The molecule has 2 heterocycles. The highest BCUT2D eigenvalue weighted by Gasteiger charge is 2.35. The monoisotopic (exact) mass is 470 g/mol. The number of nitrogens with one attached hydrogen (secondary N) is 1. The van der Waals surface area contributed by atoms with Crippen molar-refractivity contribution in [1.29, 1.82) is 0 Å². The summed E-state index contributed by atoms with van der Waals surface area (Å²) < 4.78 is 17.1. The van der Waals surface area contributed by atoms with Gasteiger partial charge < -0.3 is 14.8 Å². The molecule has 1 aromatic heterocycles. The molecule has 0 aliphatic carbocycles. The van der Waals surface area contributed by atoms with Gasteiger partial charge in [0.2, 0.25) is 11.8 Å². The number of anilines is 1. The Kier molecular flexibility index (Phi) is 5.67. The number of rotatable bonds is 5. The van der Waals surface area contributed by atoms with Gasteiger partial charge in [0.25, 0.3) is 0 Å². The largest absolute Gasteiger partial charge is 0.352 e. The van der Waals surface area contributed by atoms with Crippen molar-refractivity contribution in [2.45, 2.75) is 19.9 Å². The van der Waals surface area contributed by atoms with Crippen LogP contribution in [0.25, 0.3) is 5.69 Å². The third kappa shape index (κ3) is 4.14. The molecule has 0 bridgehead atoms. The van der Waals surface area contributed by atoms with Crippen molar-refractivity contribution >= 4 is 33.4 Å². The summed E-state index contributed by atoms with van der Waals surface area (Å²) in [6.07, 6.45) is 3.47. The Morgan fingerprint density at radius 1 is 1.30 bits per heavy atom. The van der Waals surface area contributed by atoms with Crippen LogP contribution in [-0.2, 0) is 16.1 Å². The first-order chi connectivity index (χ1) is 14.4. The first-order valence-electron chi connectivity index (χ1n) is 9.55.